The minimum atomic E-state index is -3.41. The average Bonchev–Trinajstić information content (AvgIpc) is 3.23. The van der Waals surface area contributed by atoms with Gasteiger partial charge in [0.2, 0.25) is 0 Å². The SMILES string of the molecule is CCN(CC)c1ccc(S(C)(=O)=O)cc1C(=O)N1CCN(c2nsc3ccccc23)CC1. The van der Waals surface area contributed by atoms with Crippen molar-refractivity contribution in [3.05, 3.63) is 48.0 Å². The van der Waals surface area contributed by atoms with Crippen molar-refractivity contribution in [2.45, 2.75) is 18.7 Å². The summed E-state index contributed by atoms with van der Waals surface area (Å²) in [4.78, 5) is 19.8. The third-order valence-corrected chi connectivity index (χ3v) is 7.88. The Morgan fingerprint density at radius 1 is 1.06 bits per heavy atom. The molecule has 0 N–H and O–H groups in total. The minimum absolute atomic E-state index is 0.125. The molecule has 32 heavy (non-hydrogen) atoms. The molecule has 2 heterocycles. The smallest absolute Gasteiger partial charge is 0.256 e. The molecule has 1 aliphatic rings. The number of carbonyl (C=O) groups is 1. The lowest BCUT2D eigenvalue weighted by molar-refractivity contribution is 0.0747. The van der Waals surface area contributed by atoms with Crippen LogP contribution in [0.4, 0.5) is 11.5 Å². The molecule has 170 valence electrons. The van der Waals surface area contributed by atoms with Crippen LogP contribution in [0.15, 0.2) is 47.4 Å². The summed E-state index contributed by atoms with van der Waals surface area (Å²) in [5.41, 5.74) is 1.23. The van der Waals surface area contributed by atoms with Gasteiger partial charge in [-0.1, -0.05) is 12.1 Å². The number of piperazine rings is 1. The average molecular weight is 473 g/mol. The third-order valence-electron chi connectivity index (χ3n) is 5.96. The predicted octanol–water partition coefficient (Wildman–Crippen LogP) is 3.51. The van der Waals surface area contributed by atoms with E-state index < -0.39 is 9.84 Å². The van der Waals surface area contributed by atoms with E-state index in [4.69, 9.17) is 0 Å². The standard InChI is InChI=1S/C23H28N4O3S2/c1-4-25(5-2)20-11-10-17(32(3,29)30)16-19(20)23(28)27-14-12-26(13-15-27)22-18-8-6-7-9-21(18)31-24-22/h6-11,16H,4-5,12-15H2,1-3H3. The van der Waals surface area contributed by atoms with Crippen LogP contribution in [0.5, 0.6) is 0 Å². The molecule has 0 bridgehead atoms. The van der Waals surface area contributed by atoms with Crippen LogP contribution in [0.25, 0.3) is 10.1 Å². The summed E-state index contributed by atoms with van der Waals surface area (Å²) in [7, 11) is -3.41. The second kappa shape index (κ2) is 9.07. The molecule has 1 aromatic heterocycles. The summed E-state index contributed by atoms with van der Waals surface area (Å²) in [5.74, 6) is 0.848. The largest absolute Gasteiger partial charge is 0.371 e. The van der Waals surface area contributed by atoms with E-state index in [9.17, 15) is 13.2 Å². The zero-order chi connectivity index (χ0) is 22.9. The van der Waals surface area contributed by atoms with Gasteiger partial charge in [-0.3, -0.25) is 4.79 Å². The maximum atomic E-state index is 13.5. The highest BCUT2D eigenvalue weighted by atomic mass is 32.2. The molecule has 1 fully saturated rings. The summed E-state index contributed by atoms with van der Waals surface area (Å²) in [5, 5.41) is 1.14. The summed E-state index contributed by atoms with van der Waals surface area (Å²) < 4.78 is 30.1. The number of hydrogen-bond acceptors (Lipinski definition) is 7. The molecule has 9 heteroatoms. The molecule has 0 atom stereocenters. The first-order valence-corrected chi connectivity index (χ1v) is 13.5. The topological polar surface area (TPSA) is 73.8 Å². The predicted molar refractivity (Wildman–Crippen MR) is 131 cm³/mol. The lowest BCUT2D eigenvalue weighted by Crippen LogP contribution is -2.49. The van der Waals surface area contributed by atoms with E-state index in [1.54, 1.807) is 12.1 Å². The van der Waals surface area contributed by atoms with Gasteiger partial charge in [0.25, 0.3) is 5.91 Å². The van der Waals surface area contributed by atoms with Gasteiger partial charge in [0.05, 0.1) is 15.2 Å². The highest BCUT2D eigenvalue weighted by molar-refractivity contribution is 7.90. The third kappa shape index (κ3) is 4.31. The van der Waals surface area contributed by atoms with E-state index in [0.29, 0.717) is 31.7 Å². The Morgan fingerprint density at radius 3 is 2.41 bits per heavy atom. The Bertz CT molecular complexity index is 1230. The van der Waals surface area contributed by atoms with Crippen molar-refractivity contribution in [3.63, 3.8) is 0 Å². The molecule has 0 saturated carbocycles. The minimum Gasteiger partial charge on any atom is -0.371 e. The zero-order valence-electron chi connectivity index (χ0n) is 18.6. The normalized spacial score (nSPS) is 14.7. The van der Waals surface area contributed by atoms with E-state index in [0.717, 1.165) is 34.7 Å². The van der Waals surface area contributed by atoms with Gasteiger partial charge in [0, 0.05) is 56.6 Å². The monoisotopic (exact) mass is 472 g/mol. The van der Waals surface area contributed by atoms with Crippen molar-refractivity contribution in [1.29, 1.82) is 0 Å². The Morgan fingerprint density at radius 2 is 1.75 bits per heavy atom. The van der Waals surface area contributed by atoms with Crippen molar-refractivity contribution in [2.75, 3.05) is 55.3 Å². The van der Waals surface area contributed by atoms with Gasteiger partial charge in [-0.25, -0.2) is 8.42 Å². The van der Waals surface area contributed by atoms with Crippen LogP contribution in [0.1, 0.15) is 24.2 Å². The molecule has 7 nitrogen and oxygen atoms in total. The molecule has 1 amide bonds. The Kier molecular flexibility index (Phi) is 6.39. The molecule has 3 aromatic rings. The van der Waals surface area contributed by atoms with E-state index in [-0.39, 0.29) is 10.8 Å². The lowest BCUT2D eigenvalue weighted by atomic mass is 10.1. The lowest BCUT2D eigenvalue weighted by Gasteiger charge is -2.36. The van der Waals surface area contributed by atoms with Crippen LogP contribution in [-0.2, 0) is 9.84 Å². The van der Waals surface area contributed by atoms with Gasteiger partial charge < -0.3 is 14.7 Å². The molecule has 4 rings (SSSR count). The fraction of sp³-hybridized carbons (Fsp3) is 0.391. The number of aromatic nitrogens is 1. The van der Waals surface area contributed by atoms with Gasteiger partial charge in [0.15, 0.2) is 9.84 Å². The molecule has 0 unspecified atom stereocenters. The number of benzene rings is 2. The van der Waals surface area contributed by atoms with Gasteiger partial charge >= 0.3 is 0 Å². The van der Waals surface area contributed by atoms with Crippen LogP contribution >= 0.6 is 11.5 Å². The number of amides is 1. The maximum absolute atomic E-state index is 13.5. The van der Waals surface area contributed by atoms with Crippen LogP contribution in [-0.4, -0.2) is 69.1 Å². The fourth-order valence-corrected chi connectivity index (χ4v) is 5.59. The van der Waals surface area contributed by atoms with Crippen LogP contribution in [0.3, 0.4) is 0 Å². The molecular formula is C23H28N4O3S2. The molecule has 0 radical (unpaired) electrons. The second-order valence-electron chi connectivity index (χ2n) is 7.91. The van der Waals surface area contributed by atoms with Crippen molar-refractivity contribution in [2.24, 2.45) is 0 Å². The quantitative estimate of drug-likeness (QED) is 0.547. The zero-order valence-corrected chi connectivity index (χ0v) is 20.2. The first-order valence-electron chi connectivity index (χ1n) is 10.8. The van der Waals surface area contributed by atoms with Gasteiger partial charge in [-0.05, 0) is 55.7 Å². The van der Waals surface area contributed by atoms with E-state index in [2.05, 4.69) is 26.3 Å². The van der Waals surface area contributed by atoms with Gasteiger partial charge in [-0.2, -0.15) is 4.37 Å². The molecule has 0 aliphatic carbocycles. The van der Waals surface area contributed by atoms with Gasteiger partial charge in [-0.15, -0.1) is 0 Å². The summed E-state index contributed by atoms with van der Waals surface area (Å²) in [6.07, 6.45) is 1.17. The Labute approximate surface area is 193 Å². The van der Waals surface area contributed by atoms with Gasteiger partial charge in [0.1, 0.15) is 5.82 Å². The first kappa shape index (κ1) is 22.5. The van der Waals surface area contributed by atoms with Crippen LogP contribution in [0.2, 0.25) is 0 Å². The number of nitrogens with zero attached hydrogens (tertiary/aromatic N) is 4. The Balaban J connectivity index is 1.58. The Hall–Kier alpha value is -2.65. The maximum Gasteiger partial charge on any atom is 0.256 e. The number of anilines is 2. The number of hydrogen-bond donors (Lipinski definition) is 0. The first-order chi connectivity index (χ1) is 15.3. The summed E-state index contributed by atoms with van der Waals surface area (Å²) in [6.45, 7) is 8.02. The highest BCUT2D eigenvalue weighted by Crippen LogP contribution is 2.31. The van der Waals surface area contributed by atoms with E-state index >= 15 is 0 Å². The second-order valence-corrected chi connectivity index (χ2v) is 10.7. The van der Waals surface area contributed by atoms with E-state index in [1.807, 2.05) is 30.9 Å². The van der Waals surface area contributed by atoms with Crippen LogP contribution < -0.4 is 9.80 Å². The fourth-order valence-electron chi connectivity index (χ4n) is 4.15. The van der Waals surface area contributed by atoms with Crippen LogP contribution in [0, 0.1) is 0 Å². The number of sulfone groups is 1. The van der Waals surface area contributed by atoms with E-state index in [1.165, 1.54) is 23.9 Å². The van der Waals surface area contributed by atoms with Crippen molar-refractivity contribution >= 4 is 48.9 Å². The molecular weight excluding hydrogens is 444 g/mol. The highest BCUT2D eigenvalue weighted by Gasteiger charge is 2.27. The van der Waals surface area contributed by atoms with Crippen molar-refractivity contribution in [1.82, 2.24) is 9.27 Å². The molecule has 1 aliphatic heterocycles. The molecule has 1 saturated heterocycles. The van der Waals surface area contributed by atoms with Crippen molar-refractivity contribution < 1.29 is 13.2 Å². The number of fused-ring (bicyclic) bond motifs is 1. The summed E-state index contributed by atoms with van der Waals surface area (Å²) in [6, 6.07) is 13.1. The number of carbonyl (C=O) groups excluding carboxylic acids is 1. The summed E-state index contributed by atoms with van der Waals surface area (Å²) >= 11 is 1.49. The molecule has 2 aromatic carbocycles. The van der Waals surface area contributed by atoms with Crippen molar-refractivity contribution in [3.8, 4) is 0 Å². The molecule has 0 spiro atoms. The number of rotatable bonds is 6.